The van der Waals surface area contributed by atoms with Crippen molar-refractivity contribution in [1.29, 1.82) is 0 Å². The van der Waals surface area contributed by atoms with Gasteiger partial charge in [0, 0.05) is 14.0 Å². The highest BCUT2D eigenvalue weighted by Gasteiger charge is 1.97. The molecule has 0 atom stereocenters. The molecular weight excluding hydrogens is 222 g/mol. The van der Waals surface area contributed by atoms with Crippen LogP contribution in [0.3, 0.4) is 0 Å². The first-order chi connectivity index (χ1) is 7.67. The van der Waals surface area contributed by atoms with Gasteiger partial charge in [-0.05, 0) is 18.4 Å². The van der Waals surface area contributed by atoms with E-state index in [1.165, 1.54) is 6.92 Å². The van der Waals surface area contributed by atoms with Gasteiger partial charge in [-0.1, -0.05) is 23.9 Å². The third-order valence-corrected chi connectivity index (χ3v) is 2.49. The number of rotatable bonds is 1. The number of imidazole rings is 1. The van der Waals surface area contributed by atoms with Gasteiger partial charge in [0.2, 0.25) is 5.91 Å². The number of amides is 1. The Balaban J connectivity index is 0.000000221. The van der Waals surface area contributed by atoms with E-state index < -0.39 is 0 Å². The van der Waals surface area contributed by atoms with Gasteiger partial charge in [-0.3, -0.25) is 4.79 Å². The molecule has 0 saturated heterocycles. The summed E-state index contributed by atoms with van der Waals surface area (Å²) < 4.78 is 0. The van der Waals surface area contributed by atoms with Crippen molar-refractivity contribution in [2.45, 2.75) is 12.1 Å². The van der Waals surface area contributed by atoms with Gasteiger partial charge in [0.15, 0.2) is 5.16 Å². The zero-order valence-electron chi connectivity index (χ0n) is 9.57. The predicted octanol–water partition coefficient (Wildman–Crippen LogP) is 2.04. The fraction of sp³-hybridized carbons (Fsp3) is 0.273. The van der Waals surface area contributed by atoms with Crippen LogP contribution in [0.5, 0.6) is 0 Å². The molecule has 0 bridgehead atoms. The van der Waals surface area contributed by atoms with E-state index >= 15 is 0 Å². The largest absolute Gasteiger partial charge is 0.359 e. The van der Waals surface area contributed by atoms with E-state index in [2.05, 4.69) is 15.3 Å². The van der Waals surface area contributed by atoms with E-state index in [-0.39, 0.29) is 5.91 Å². The Morgan fingerprint density at radius 2 is 2.06 bits per heavy atom. The summed E-state index contributed by atoms with van der Waals surface area (Å²) in [5, 5.41) is 3.37. The van der Waals surface area contributed by atoms with Crippen molar-refractivity contribution in [3.63, 3.8) is 0 Å². The fourth-order valence-corrected chi connectivity index (χ4v) is 1.43. The molecular formula is C11H15N3OS. The smallest absolute Gasteiger partial charge is 0.216 e. The number of benzene rings is 1. The summed E-state index contributed by atoms with van der Waals surface area (Å²) in [5.41, 5.74) is 2.15. The quantitative estimate of drug-likeness (QED) is 0.746. The average molecular weight is 237 g/mol. The molecule has 2 aromatic rings. The van der Waals surface area contributed by atoms with Crippen LogP contribution >= 0.6 is 11.8 Å². The standard InChI is InChI=1S/C8H8N2S.C3H7NO/c1-11-8-9-6-4-2-3-5-7(6)10-8;1-3(5)4-2/h2-5H,1H3,(H,9,10);1-2H3,(H,4,5). The van der Waals surface area contributed by atoms with E-state index in [1.807, 2.05) is 30.5 Å². The van der Waals surface area contributed by atoms with Gasteiger partial charge in [0.1, 0.15) is 0 Å². The number of aromatic nitrogens is 2. The summed E-state index contributed by atoms with van der Waals surface area (Å²) in [7, 11) is 1.60. The fourth-order valence-electron chi connectivity index (χ4n) is 1.03. The predicted molar refractivity (Wildman–Crippen MR) is 67.6 cm³/mol. The summed E-state index contributed by atoms with van der Waals surface area (Å²) in [5.74, 6) is 0.00463. The van der Waals surface area contributed by atoms with Crippen LogP contribution in [-0.4, -0.2) is 29.2 Å². The number of carbonyl (C=O) groups is 1. The summed E-state index contributed by atoms with van der Waals surface area (Å²) in [4.78, 5) is 17.2. The Morgan fingerprint density at radius 3 is 2.56 bits per heavy atom. The summed E-state index contributed by atoms with van der Waals surface area (Å²) in [6.45, 7) is 1.47. The van der Waals surface area contributed by atoms with Crippen molar-refractivity contribution in [2.75, 3.05) is 13.3 Å². The van der Waals surface area contributed by atoms with Crippen molar-refractivity contribution in [2.24, 2.45) is 0 Å². The number of nitrogens with one attached hydrogen (secondary N) is 2. The van der Waals surface area contributed by atoms with E-state index in [0.29, 0.717) is 0 Å². The number of nitrogens with zero attached hydrogens (tertiary/aromatic N) is 1. The zero-order valence-corrected chi connectivity index (χ0v) is 10.4. The van der Waals surface area contributed by atoms with Gasteiger partial charge in [-0.15, -0.1) is 0 Å². The number of carbonyl (C=O) groups excluding carboxylic acids is 1. The van der Waals surface area contributed by atoms with Crippen LogP contribution in [0.4, 0.5) is 0 Å². The summed E-state index contributed by atoms with van der Waals surface area (Å²) in [6.07, 6.45) is 2.01. The van der Waals surface area contributed by atoms with Crippen LogP contribution < -0.4 is 5.32 Å². The Morgan fingerprint density at radius 1 is 1.44 bits per heavy atom. The molecule has 0 unspecified atom stereocenters. The maximum Gasteiger partial charge on any atom is 0.216 e. The third-order valence-electron chi connectivity index (χ3n) is 1.91. The molecule has 0 radical (unpaired) electrons. The van der Waals surface area contributed by atoms with Crippen LogP contribution in [0, 0.1) is 0 Å². The molecule has 5 heteroatoms. The second-order valence-corrected chi connectivity index (χ2v) is 3.86. The average Bonchev–Trinajstić information content (AvgIpc) is 2.72. The highest BCUT2D eigenvalue weighted by atomic mass is 32.2. The van der Waals surface area contributed by atoms with Crippen LogP contribution in [0.1, 0.15) is 6.92 Å². The maximum absolute atomic E-state index is 9.70. The molecule has 4 nitrogen and oxygen atoms in total. The molecule has 0 saturated carbocycles. The molecule has 1 heterocycles. The number of fused-ring (bicyclic) bond motifs is 1. The lowest BCUT2D eigenvalue weighted by Gasteiger charge is -1.81. The first-order valence-electron chi connectivity index (χ1n) is 4.84. The van der Waals surface area contributed by atoms with Crippen LogP contribution in [0.15, 0.2) is 29.4 Å². The minimum Gasteiger partial charge on any atom is -0.359 e. The van der Waals surface area contributed by atoms with Gasteiger partial charge in [0.05, 0.1) is 11.0 Å². The molecule has 16 heavy (non-hydrogen) atoms. The maximum atomic E-state index is 9.70. The number of hydrogen-bond acceptors (Lipinski definition) is 3. The van der Waals surface area contributed by atoms with Gasteiger partial charge >= 0.3 is 0 Å². The van der Waals surface area contributed by atoms with E-state index in [4.69, 9.17) is 0 Å². The molecule has 2 rings (SSSR count). The van der Waals surface area contributed by atoms with Gasteiger partial charge in [0.25, 0.3) is 0 Å². The van der Waals surface area contributed by atoms with Gasteiger partial charge < -0.3 is 10.3 Å². The highest BCUT2D eigenvalue weighted by Crippen LogP contribution is 2.15. The van der Waals surface area contributed by atoms with Crippen LogP contribution in [0.25, 0.3) is 11.0 Å². The van der Waals surface area contributed by atoms with Crippen molar-refractivity contribution < 1.29 is 4.79 Å². The van der Waals surface area contributed by atoms with Crippen LogP contribution in [-0.2, 0) is 4.79 Å². The lowest BCUT2D eigenvalue weighted by Crippen LogP contribution is -2.11. The zero-order chi connectivity index (χ0) is 12.0. The van der Waals surface area contributed by atoms with Crippen LogP contribution in [0.2, 0.25) is 0 Å². The minimum absolute atomic E-state index is 0.00463. The van der Waals surface area contributed by atoms with Crippen molar-refractivity contribution in [3.05, 3.63) is 24.3 Å². The summed E-state index contributed by atoms with van der Waals surface area (Å²) in [6, 6.07) is 8.03. The number of aromatic amines is 1. The van der Waals surface area contributed by atoms with E-state index in [1.54, 1.807) is 18.8 Å². The molecule has 0 aliphatic rings. The van der Waals surface area contributed by atoms with Gasteiger partial charge in [-0.25, -0.2) is 4.98 Å². The van der Waals surface area contributed by atoms with Crippen molar-refractivity contribution in [3.8, 4) is 0 Å². The molecule has 2 N–H and O–H groups in total. The summed E-state index contributed by atoms with van der Waals surface area (Å²) >= 11 is 1.63. The third kappa shape index (κ3) is 3.58. The molecule has 86 valence electrons. The second-order valence-electron chi connectivity index (χ2n) is 3.07. The molecule has 0 fully saturated rings. The molecule has 1 aromatic carbocycles. The Labute approximate surface area is 98.8 Å². The molecule has 1 amide bonds. The topological polar surface area (TPSA) is 57.8 Å². The highest BCUT2D eigenvalue weighted by molar-refractivity contribution is 7.98. The molecule has 1 aromatic heterocycles. The lowest BCUT2D eigenvalue weighted by atomic mass is 10.3. The number of thioether (sulfide) groups is 1. The van der Waals surface area contributed by atoms with Gasteiger partial charge in [-0.2, -0.15) is 0 Å². The molecule has 0 aliphatic carbocycles. The number of hydrogen-bond donors (Lipinski definition) is 2. The Bertz CT molecular complexity index is 434. The monoisotopic (exact) mass is 237 g/mol. The van der Waals surface area contributed by atoms with E-state index in [9.17, 15) is 4.79 Å². The minimum atomic E-state index is 0.00463. The molecule has 0 aliphatic heterocycles. The number of para-hydroxylation sites is 2. The normalized spacial score (nSPS) is 9.44. The lowest BCUT2D eigenvalue weighted by molar-refractivity contribution is -0.118. The van der Waals surface area contributed by atoms with E-state index in [0.717, 1.165) is 16.2 Å². The Kier molecular flexibility index (Phi) is 4.85. The van der Waals surface area contributed by atoms with Crippen molar-refractivity contribution >= 4 is 28.7 Å². The second kappa shape index (κ2) is 6.17. The SMILES string of the molecule is CNC(C)=O.CSc1nc2ccccc2[nH]1. The first kappa shape index (κ1) is 12.6. The molecule has 0 spiro atoms. The number of H-pyrrole nitrogens is 1. The Hall–Kier alpha value is -1.49. The first-order valence-corrected chi connectivity index (χ1v) is 6.07. The van der Waals surface area contributed by atoms with Crippen molar-refractivity contribution in [1.82, 2.24) is 15.3 Å².